The summed E-state index contributed by atoms with van der Waals surface area (Å²) >= 11 is 0. The monoisotopic (exact) mass is 757 g/mol. The molecule has 0 saturated carbocycles. The first-order valence-corrected chi connectivity index (χ1v) is 21.2. The molecule has 9 heteroatoms. The van der Waals surface area contributed by atoms with Crippen LogP contribution in [-0.4, -0.2) is 59.3 Å². The van der Waals surface area contributed by atoms with Crippen molar-refractivity contribution < 1.29 is 34.1 Å². The fourth-order valence-electron chi connectivity index (χ4n) is 5.67. The summed E-state index contributed by atoms with van der Waals surface area (Å²) in [6.07, 6.45) is 46.9. The quantitative estimate of drug-likeness (QED) is 0.0281. The molecule has 0 saturated heterocycles. The number of hydrogen-bond acceptors (Lipinski definition) is 6. The summed E-state index contributed by atoms with van der Waals surface area (Å²) < 4.78 is 5.90. The van der Waals surface area contributed by atoms with Crippen molar-refractivity contribution in [2.75, 3.05) is 13.2 Å². The number of carbonyl (C=O) groups is 4. The van der Waals surface area contributed by atoms with Gasteiger partial charge in [-0.3, -0.25) is 14.4 Å². The number of amides is 2. The second-order valence-electron chi connectivity index (χ2n) is 14.1. The number of aliphatic hydroxyl groups is 1. The lowest BCUT2D eigenvalue weighted by Gasteiger charge is -2.15. The highest BCUT2D eigenvalue weighted by Crippen LogP contribution is 2.15. The smallest absolute Gasteiger partial charge is 0.328 e. The van der Waals surface area contributed by atoms with Crippen LogP contribution in [0.4, 0.5) is 0 Å². The number of carboxylic acid groups (broad SMARTS) is 1. The van der Waals surface area contributed by atoms with Crippen LogP contribution in [0.2, 0.25) is 0 Å². The maximum Gasteiger partial charge on any atom is 0.328 e. The van der Waals surface area contributed by atoms with E-state index in [2.05, 4.69) is 79.2 Å². The third-order valence-corrected chi connectivity index (χ3v) is 8.97. The van der Waals surface area contributed by atoms with E-state index in [1.54, 1.807) is 0 Å². The van der Waals surface area contributed by atoms with Crippen LogP contribution in [0.5, 0.6) is 0 Å². The van der Waals surface area contributed by atoms with Gasteiger partial charge in [0.25, 0.3) is 0 Å². The summed E-state index contributed by atoms with van der Waals surface area (Å²) in [6.45, 7) is 3.39. The Morgan fingerprint density at radius 3 is 1.61 bits per heavy atom. The Morgan fingerprint density at radius 2 is 1.06 bits per heavy atom. The molecule has 0 bridgehead atoms. The number of esters is 1. The number of nitrogens with one attached hydrogen (secondary N) is 2. The van der Waals surface area contributed by atoms with Crippen LogP contribution in [0, 0.1) is 0 Å². The number of carboxylic acids is 1. The van der Waals surface area contributed by atoms with Gasteiger partial charge in [-0.25, -0.2) is 4.79 Å². The van der Waals surface area contributed by atoms with Gasteiger partial charge >= 0.3 is 11.9 Å². The van der Waals surface area contributed by atoms with Gasteiger partial charge < -0.3 is 25.6 Å². The predicted molar refractivity (Wildman–Crippen MR) is 222 cm³/mol. The second-order valence-corrected chi connectivity index (χ2v) is 14.1. The molecule has 2 amide bonds. The Bertz CT molecular complexity index is 1100. The summed E-state index contributed by atoms with van der Waals surface area (Å²) in [5.41, 5.74) is 0. The van der Waals surface area contributed by atoms with Crippen molar-refractivity contribution in [1.29, 1.82) is 0 Å². The first-order valence-electron chi connectivity index (χ1n) is 21.2. The number of aliphatic hydroxyl groups excluding tert-OH is 1. The Morgan fingerprint density at radius 1 is 0.574 bits per heavy atom. The lowest BCUT2D eigenvalue weighted by Crippen LogP contribution is -2.47. The fourth-order valence-corrected chi connectivity index (χ4v) is 5.67. The molecule has 0 aliphatic carbocycles. The topological polar surface area (TPSA) is 142 Å². The van der Waals surface area contributed by atoms with Crippen LogP contribution in [0.3, 0.4) is 0 Å². The maximum absolute atomic E-state index is 12.7. The molecule has 4 N–H and O–H groups in total. The summed E-state index contributed by atoms with van der Waals surface area (Å²) in [5.74, 6) is -2.41. The van der Waals surface area contributed by atoms with E-state index in [4.69, 9.17) is 14.9 Å². The third-order valence-electron chi connectivity index (χ3n) is 8.97. The van der Waals surface area contributed by atoms with Crippen molar-refractivity contribution in [3.8, 4) is 0 Å². The van der Waals surface area contributed by atoms with Crippen molar-refractivity contribution in [2.24, 2.45) is 0 Å². The zero-order valence-electron chi connectivity index (χ0n) is 34.0. The molecular weight excluding hydrogens is 681 g/mol. The Balaban J connectivity index is 4.45. The molecule has 2 unspecified atom stereocenters. The molecule has 0 aliphatic rings. The van der Waals surface area contributed by atoms with Crippen molar-refractivity contribution >= 4 is 23.8 Å². The summed E-state index contributed by atoms with van der Waals surface area (Å²) in [4.78, 5) is 47.5. The summed E-state index contributed by atoms with van der Waals surface area (Å²) in [5, 5.41) is 22.5. The van der Waals surface area contributed by atoms with Gasteiger partial charge in [0, 0.05) is 12.8 Å². The molecule has 0 heterocycles. The lowest BCUT2D eigenvalue weighted by molar-refractivity contribution is -0.147. The minimum absolute atomic E-state index is 0.131. The summed E-state index contributed by atoms with van der Waals surface area (Å²) in [7, 11) is 0. The highest BCUT2D eigenvalue weighted by molar-refractivity contribution is 5.87. The second kappa shape index (κ2) is 39.2. The first kappa shape index (κ1) is 50.5. The third kappa shape index (κ3) is 35.6. The largest absolute Gasteiger partial charge is 0.480 e. The molecule has 0 fully saturated rings. The normalized spacial score (nSPS) is 13.1. The molecule has 0 radical (unpaired) electrons. The van der Waals surface area contributed by atoms with E-state index in [9.17, 15) is 19.2 Å². The van der Waals surface area contributed by atoms with E-state index in [0.29, 0.717) is 12.8 Å². The molecule has 0 aliphatic heterocycles. The number of rotatable bonds is 37. The predicted octanol–water partition coefficient (Wildman–Crippen LogP) is 10.1. The van der Waals surface area contributed by atoms with Gasteiger partial charge in [-0.05, 0) is 89.5 Å². The van der Waals surface area contributed by atoms with Gasteiger partial charge in [-0.1, -0.05) is 133 Å². The van der Waals surface area contributed by atoms with Gasteiger partial charge in [0.1, 0.15) is 12.1 Å². The van der Waals surface area contributed by atoms with Gasteiger partial charge in [0.05, 0.1) is 13.2 Å². The number of allylic oxidation sites excluding steroid dienone is 9. The number of ether oxygens (including phenoxy) is 1. The SMILES string of the molecule is CCCCC/C=C\C/C=C\C/C=C\C(CCCCCCCC(=O)NCC(=O)NC(CO)C(=O)O)OC(=O)CCCCCCC/C=C\C/C=C\CCCCC. The van der Waals surface area contributed by atoms with E-state index in [-0.39, 0.29) is 30.9 Å². The van der Waals surface area contributed by atoms with Crippen molar-refractivity contribution in [1.82, 2.24) is 10.6 Å². The lowest BCUT2D eigenvalue weighted by atomic mass is 10.1. The number of aliphatic carboxylic acids is 1. The van der Waals surface area contributed by atoms with E-state index in [1.165, 1.54) is 57.8 Å². The molecule has 2 atom stereocenters. The average Bonchev–Trinajstić information content (AvgIpc) is 3.15. The summed E-state index contributed by atoms with van der Waals surface area (Å²) in [6, 6.07) is -1.39. The zero-order valence-corrected chi connectivity index (χ0v) is 34.0. The minimum atomic E-state index is -1.39. The molecule has 308 valence electrons. The van der Waals surface area contributed by atoms with Crippen LogP contribution < -0.4 is 10.6 Å². The number of hydrogen-bond donors (Lipinski definition) is 4. The number of carbonyl (C=O) groups excluding carboxylic acids is 3. The molecule has 0 aromatic carbocycles. The van der Waals surface area contributed by atoms with Gasteiger partial charge in [0.2, 0.25) is 11.8 Å². The molecule has 9 nitrogen and oxygen atoms in total. The van der Waals surface area contributed by atoms with Crippen LogP contribution in [0.15, 0.2) is 60.8 Å². The maximum atomic E-state index is 12.7. The Kier molecular flexibility index (Phi) is 36.7. The van der Waals surface area contributed by atoms with Crippen LogP contribution in [0.25, 0.3) is 0 Å². The van der Waals surface area contributed by atoms with E-state index < -0.39 is 24.5 Å². The van der Waals surface area contributed by atoms with E-state index in [0.717, 1.165) is 83.5 Å². The van der Waals surface area contributed by atoms with Crippen molar-refractivity contribution in [3.63, 3.8) is 0 Å². The molecule has 0 spiro atoms. The van der Waals surface area contributed by atoms with Gasteiger partial charge in [-0.2, -0.15) is 0 Å². The van der Waals surface area contributed by atoms with Crippen LogP contribution >= 0.6 is 0 Å². The van der Waals surface area contributed by atoms with E-state index >= 15 is 0 Å². The number of unbranched alkanes of at least 4 members (excludes halogenated alkanes) is 15. The Labute approximate surface area is 328 Å². The standard InChI is InChI=1S/C45H76N2O7/c1-3-5-7-9-11-13-15-16-17-18-20-22-24-29-33-37-44(51)54-40(34-30-26-23-21-19-14-12-10-8-6-4-2)35-31-27-25-28-32-36-42(49)46-38-43(50)47-41(39-48)45(52)53/h11-14,16-17,21,23,30,34,40-41,48H,3-10,15,18-20,22,24-29,31-33,35-39H2,1-2H3,(H,46,49)(H,47,50)(H,52,53)/b13-11-,14-12-,17-16-,23-21-,34-30-. The molecule has 0 aromatic rings. The van der Waals surface area contributed by atoms with Gasteiger partial charge in [-0.15, -0.1) is 0 Å². The van der Waals surface area contributed by atoms with Crippen LogP contribution in [0.1, 0.15) is 174 Å². The van der Waals surface area contributed by atoms with Gasteiger partial charge in [0.15, 0.2) is 0 Å². The molecule has 54 heavy (non-hydrogen) atoms. The average molecular weight is 757 g/mol. The highest BCUT2D eigenvalue weighted by Gasteiger charge is 2.18. The van der Waals surface area contributed by atoms with E-state index in [1.807, 2.05) is 6.08 Å². The molecular formula is C45H76N2O7. The first-order chi connectivity index (χ1) is 26.3. The van der Waals surface area contributed by atoms with Crippen molar-refractivity contribution in [3.05, 3.63) is 60.8 Å². The Hall–Kier alpha value is -3.46. The minimum Gasteiger partial charge on any atom is -0.480 e. The van der Waals surface area contributed by atoms with Crippen LogP contribution in [-0.2, 0) is 23.9 Å². The van der Waals surface area contributed by atoms with Crippen molar-refractivity contribution in [2.45, 2.75) is 187 Å². The molecule has 0 rings (SSSR count). The highest BCUT2D eigenvalue weighted by atomic mass is 16.5. The zero-order chi connectivity index (χ0) is 39.7. The fraction of sp³-hybridized carbons (Fsp3) is 0.689. The molecule has 0 aromatic heterocycles.